The first kappa shape index (κ1) is 17.2. The van der Waals surface area contributed by atoms with Crippen molar-refractivity contribution in [2.24, 2.45) is 5.92 Å². The van der Waals surface area contributed by atoms with Crippen LogP contribution >= 0.6 is 0 Å². The molecule has 2 aliphatic rings. The van der Waals surface area contributed by atoms with Crippen LogP contribution in [0.1, 0.15) is 38.5 Å². The van der Waals surface area contributed by atoms with E-state index in [-0.39, 0.29) is 6.10 Å². The molecule has 3 atom stereocenters. The van der Waals surface area contributed by atoms with E-state index in [0.717, 1.165) is 24.8 Å². The highest BCUT2D eigenvalue weighted by Gasteiger charge is 2.28. The molecule has 1 saturated carbocycles. The Kier molecular flexibility index (Phi) is 6.45. The van der Waals surface area contributed by atoms with Crippen molar-refractivity contribution in [1.29, 1.82) is 0 Å². The summed E-state index contributed by atoms with van der Waals surface area (Å²) >= 11 is 0. The van der Waals surface area contributed by atoms with E-state index in [4.69, 9.17) is 0 Å². The monoisotopic (exact) mass is 323 g/mol. The lowest BCUT2D eigenvalue weighted by Crippen LogP contribution is -2.35. The van der Waals surface area contributed by atoms with Crippen LogP contribution in [0, 0.1) is 5.92 Å². The molecule has 2 aromatic carbocycles. The zero-order chi connectivity index (χ0) is 16.6. The Bertz CT molecular complexity index is 540. The lowest BCUT2D eigenvalue weighted by atomic mass is 9.82. The van der Waals surface area contributed by atoms with Gasteiger partial charge in [-0.05, 0) is 55.7 Å². The van der Waals surface area contributed by atoms with Crippen molar-refractivity contribution in [2.75, 3.05) is 6.54 Å². The first-order valence-electron chi connectivity index (χ1n) is 9.35. The highest BCUT2D eigenvalue weighted by atomic mass is 16.3. The summed E-state index contributed by atoms with van der Waals surface area (Å²) in [5.74, 6) is 0.760. The molecule has 24 heavy (non-hydrogen) atoms. The van der Waals surface area contributed by atoms with E-state index >= 15 is 0 Å². The van der Waals surface area contributed by atoms with Crippen molar-refractivity contribution in [2.45, 2.75) is 50.7 Å². The van der Waals surface area contributed by atoms with Gasteiger partial charge in [0, 0.05) is 6.04 Å². The first-order valence-corrected chi connectivity index (χ1v) is 9.35. The van der Waals surface area contributed by atoms with Crippen molar-refractivity contribution in [3.63, 3.8) is 0 Å². The zero-order valence-corrected chi connectivity index (χ0v) is 14.4. The van der Waals surface area contributed by atoms with Gasteiger partial charge in [0.05, 0.1) is 6.10 Å². The molecule has 0 radical (unpaired) electrons. The Morgan fingerprint density at radius 3 is 1.88 bits per heavy atom. The summed E-state index contributed by atoms with van der Waals surface area (Å²) in [6.45, 7) is 1.19. The maximum Gasteiger partial charge on any atom is 0.0543 e. The molecule has 1 aliphatic carbocycles. The predicted molar refractivity (Wildman–Crippen MR) is 101 cm³/mol. The largest absolute Gasteiger partial charge is 0.393 e. The fourth-order valence-electron chi connectivity index (χ4n) is 3.94. The molecular weight excluding hydrogens is 294 g/mol. The SMILES string of the molecule is OC1CCCC(C2CCCN2)C1.c1ccc(-c2ccccc2)cc1. The molecule has 2 fully saturated rings. The van der Waals surface area contributed by atoms with E-state index in [1.165, 1.54) is 43.4 Å². The molecule has 0 aromatic heterocycles. The summed E-state index contributed by atoms with van der Waals surface area (Å²) in [6.07, 6.45) is 7.28. The standard InChI is InChI=1S/C12H10.C10H19NO/c1-3-7-11(8-4-1)12-9-5-2-6-10-12;12-9-4-1-3-8(7-9)10-5-2-6-11-10/h1-10H;8-12H,1-7H2. The van der Waals surface area contributed by atoms with Gasteiger partial charge in [-0.2, -0.15) is 0 Å². The number of hydrogen-bond donors (Lipinski definition) is 2. The quantitative estimate of drug-likeness (QED) is 0.843. The fourth-order valence-corrected chi connectivity index (χ4v) is 3.94. The molecule has 0 amide bonds. The van der Waals surface area contributed by atoms with Gasteiger partial charge in [0.15, 0.2) is 0 Å². The highest BCUT2D eigenvalue weighted by molar-refractivity contribution is 5.62. The Labute approximate surface area is 145 Å². The van der Waals surface area contributed by atoms with E-state index in [9.17, 15) is 5.11 Å². The number of benzene rings is 2. The van der Waals surface area contributed by atoms with E-state index < -0.39 is 0 Å². The zero-order valence-electron chi connectivity index (χ0n) is 14.4. The van der Waals surface area contributed by atoms with Crippen LogP contribution in [0.2, 0.25) is 0 Å². The van der Waals surface area contributed by atoms with Crippen molar-refractivity contribution >= 4 is 0 Å². The number of aliphatic hydroxyl groups excluding tert-OH is 1. The van der Waals surface area contributed by atoms with Gasteiger partial charge >= 0.3 is 0 Å². The van der Waals surface area contributed by atoms with Crippen molar-refractivity contribution in [3.8, 4) is 11.1 Å². The van der Waals surface area contributed by atoms with Crippen molar-refractivity contribution in [3.05, 3.63) is 60.7 Å². The summed E-state index contributed by atoms with van der Waals surface area (Å²) < 4.78 is 0. The van der Waals surface area contributed by atoms with E-state index in [0.29, 0.717) is 0 Å². The van der Waals surface area contributed by atoms with Crippen LogP contribution in [-0.2, 0) is 0 Å². The minimum absolute atomic E-state index is 0.00819. The number of rotatable bonds is 2. The maximum absolute atomic E-state index is 9.51. The Morgan fingerprint density at radius 1 is 0.750 bits per heavy atom. The molecular formula is C22H29NO. The van der Waals surface area contributed by atoms with Gasteiger partial charge in [0.2, 0.25) is 0 Å². The summed E-state index contributed by atoms with van der Waals surface area (Å²) in [7, 11) is 0. The maximum atomic E-state index is 9.51. The molecule has 3 unspecified atom stereocenters. The molecule has 0 spiro atoms. The molecule has 1 saturated heterocycles. The first-order chi connectivity index (χ1) is 11.8. The van der Waals surface area contributed by atoms with Crippen molar-refractivity contribution < 1.29 is 5.11 Å². The Balaban J connectivity index is 0.000000141. The fraction of sp³-hybridized carbons (Fsp3) is 0.455. The summed E-state index contributed by atoms with van der Waals surface area (Å²) in [6, 6.07) is 21.5. The predicted octanol–water partition coefficient (Wildman–Crippen LogP) is 4.64. The second-order valence-corrected chi connectivity index (χ2v) is 7.02. The number of hydrogen-bond acceptors (Lipinski definition) is 2. The molecule has 128 valence electrons. The van der Waals surface area contributed by atoms with Crippen LogP contribution in [0.4, 0.5) is 0 Å². The second kappa shape index (κ2) is 9.00. The summed E-state index contributed by atoms with van der Waals surface area (Å²) in [4.78, 5) is 0. The summed E-state index contributed by atoms with van der Waals surface area (Å²) in [5, 5.41) is 13.0. The third-order valence-corrected chi connectivity index (χ3v) is 5.24. The van der Waals surface area contributed by atoms with Gasteiger partial charge in [-0.25, -0.2) is 0 Å². The van der Waals surface area contributed by atoms with Crippen LogP contribution in [-0.4, -0.2) is 23.8 Å². The van der Waals surface area contributed by atoms with Gasteiger partial charge in [0.25, 0.3) is 0 Å². The molecule has 2 aromatic rings. The van der Waals surface area contributed by atoms with Crippen LogP contribution in [0.25, 0.3) is 11.1 Å². The van der Waals surface area contributed by atoms with Crippen LogP contribution in [0.15, 0.2) is 60.7 Å². The number of aliphatic hydroxyl groups is 1. The minimum Gasteiger partial charge on any atom is -0.393 e. The Hall–Kier alpha value is -1.64. The smallest absolute Gasteiger partial charge is 0.0543 e. The van der Waals surface area contributed by atoms with E-state index in [1.54, 1.807) is 0 Å². The topological polar surface area (TPSA) is 32.3 Å². The third kappa shape index (κ3) is 4.93. The Morgan fingerprint density at radius 2 is 1.38 bits per heavy atom. The lowest BCUT2D eigenvalue weighted by molar-refractivity contribution is 0.0897. The van der Waals surface area contributed by atoms with Crippen LogP contribution in [0.5, 0.6) is 0 Å². The molecule has 2 heteroatoms. The summed E-state index contributed by atoms with van der Waals surface area (Å²) in [5.41, 5.74) is 2.55. The van der Waals surface area contributed by atoms with Gasteiger partial charge in [-0.15, -0.1) is 0 Å². The van der Waals surface area contributed by atoms with Gasteiger partial charge in [0.1, 0.15) is 0 Å². The van der Waals surface area contributed by atoms with Crippen molar-refractivity contribution in [1.82, 2.24) is 5.32 Å². The normalized spacial score (nSPS) is 26.5. The van der Waals surface area contributed by atoms with Gasteiger partial charge in [-0.1, -0.05) is 67.1 Å². The molecule has 0 bridgehead atoms. The molecule has 2 nitrogen and oxygen atoms in total. The minimum atomic E-state index is -0.00819. The van der Waals surface area contributed by atoms with E-state index in [1.807, 2.05) is 12.1 Å². The number of nitrogens with one attached hydrogen (secondary N) is 1. The van der Waals surface area contributed by atoms with Crippen LogP contribution in [0.3, 0.4) is 0 Å². The molecule has 1 heterocycles. The molecule has 1 aliphatic heterocycles. The average Bonchev–Trinajstić information content (AvgIpc) is 3.19. The molecule has 2 N–H and O–H groups in total. The van der Waals surface area contributed by atoms with E-state index in [2.05, 4.69) is 53.8 Å². The lowest BCUT2D eigenvalue weighted by Gasteiger charge is -2.30. The molecule has 4 rings (SSSR count). The average molecular weight is 323 g/mol. The highest BCUT2D eigenvalue weighted by Crippen LogP contribution is 2.30. The third-order valence-electron chi connectivity index (χ3n) is 5.24. The van der Waals surface area contributed by atoms with Gasteiger partial charge in [-0.3, -0.25) is 0 Å². The van der Waals surface area contributed by atoms with Crippen LogP contribution < -0.4 is 5.32 Å². The second-order valence-electron chi connectivity index (χ2n) is 7.02. The van der Waals surface area contributed by atoms with Gasteiger partial charge < -0.3 is 10.4 Å².